The molecule has 0 bridgehead atoms. The number of aryl methyl sites for hydroxylation is 1. The second-order valence-electron chi connectivity index (χ2n) is 5.44. The van der Waals surface area contributed by atoms with Crippen molar-refractivity contribution in [2.24, 2.45) is 11.8 Å². The number of carbonyl (C=O) groups is 1. The molecular weight excluding hydrogens is 286 g/mol. The van der Waals surface area contributed by atoms with Gasteiger partial charge in [0.05, 0.1) is 11.6 Å². The van der Waals surface area contributed by atoms with Gasteiger partial charge in [0, 0.05) is 11.3 Å². The maximum atomic E-state index is 12.0. The molecular formula is C15H19N3O2S. The number of hydrogen-bond donors (Lipinski definition) is 2. The fourth-order valence-corrected chi connectivity index (χ4v) is 2.90. The lowest BCUT2D eigenvalue weighted by atomic mass is 9.88. The summed E-state index contributed by atoms with van der Waals surface area (Å²) in [5.41, 5.74) is 0.851. The van der Waals surface area contributed by atoms with Gasteiger partial charge in [-0.3, -0.25) is 4.79 Å². The molecule has 1 aliphatic rings. The first-order valence-electron chi connectivity index (χ1n) is 7.13. The third kappa shape index (κ3) is 3.16. The summed E-state index contributed by atoms with van der Waals surface area (Å²) in [6.07, 6.45) is 0. The van der Waals surface area contributed by atoms with Gasteiger partial charge >= 0.3 is 0 Å². The number of rotatable bonds is 5. The average molecular weight is 305 g/mol. The van der Waals surface area contributed by atoms with Gasteiger partial charge in [-0.2, -0.15) is 0 Å². The van der Waals surface area contributed by atoms with Crippen molar-refractivity contribution < 1.29 is 9.21 Å². The van der Waals surface area contributed by atoms with Gasteiger partial charge in [0.1, 0.15) is 11.5 Å². The summed E-state index contributed by atoms with van der Waals surface area (Å²) >= 11 is 1.60. The normalized spacial score (nSPS) is 16.5. The molecule has 3 heterocycles. The lowest BCUT2D eigenvalue weighted by Gasteiger charge is -2.31. The maximum Gasteiger partial charge on any atom is 0.223 e. The molecule has 1 aliphatic heterocycles. The minimum Gasteiger partial charge on any atom is -0.458 e. The first kappa shape index (κ1) is 14.3. The van der Waals surface area contributed by atoms with Gasteiger partial charge in [-0.1, -0.05) is 6.92 Å². The molecule has 2 aromatic heterocycles. The predicted octanol–water partition coefficient (Wildman–Crippen LogP) is 2.18. The van der Waals surface area contributed by atoms with E-state index in [0.29, 0.717) is 12.5 Å². The highest BCUT2D eigenvalue weighted by molar-refractivity contribution is 7.09. The monoisotopic (exact) mass is 305 g/mol. The van der Waals surface area contributed by atoms with Crippen LogP contribution in [0.25, 0.3) is 11.5 Å². The Labute approximate surface area is 127 Å². The summed E-state index contributed by atoms with van der Waals surface area (Å²) in [6.45, 7) is 6.24. The zero-order valence-electron chi connectivity index (χ0n) is 12.2. The van der Waals surface area contributed by atoms with Crippen molar-refractivity contribution in [1.29, 1.82) is 0 Å². The van der Waals surface area contributed by atoms with Crippen LogP contribution < -0.4 is 10.6 Å². The van der Waals surface area contributed by atoms with Gasteiger partial charge in [-0.15, -0.1) is 11.3 Å². The Morgan fingerprint density at radius 3 is 3.00 bits per heavy atom. The standard InChI is InChI=1S/C15H19N3O2S/c1-9(11-5-16-6-11)15(19)17-7-12-3-4-14(20-12)13-8-21-10(2)18-13/h3-4,8-9,11,16H,5-7H2,1-2H3,(H,17,19). The Bertz CT molecular complexity index is 630. The number of nitrogens with zero attached hydrogens (tertiary/aromatic N) is 1. The molecule has 5 nitrogen and oxygen atoms in total. The van der Waals surface area contributed by atoms with Crippen molar-refractivity contribution in [3.63, 3.8) is 0 Å². The third-order valence-corrected chi connectivity index (χ3v) is 4.68. The van der Waals surface area contributed by atoms with Gasteiger partial charge in [-0.05, 0) is 38.1 Å². The van der Waals surface area contributed by atoms with E-state index in [1.807, 2.05) is 31.4 Å². The van der Waals surface area contributed by atoms with Crippen molar-refractivity contribution in [1.82, 2.24) is 15.6 Å². The third-order valence-electron chi connectivity index (χ3n) is 3.90. The molecule has 0 aliphatic carbocycles. The lowest BCUT2D eigenvalue weighted by molar-refractivity contribution is -0.126. The second-order valence-corrected chi connectivity index (χ2v) is 6.50. The number of furan rings is 1. The van der Waals surface area contributed by atoms with E-state index in [9.17, 15) is 4.79 Å². The second kappa shape index (κ2) is 5.99. The summed E-state index contributed by atoms with van der Waals surface area (Å²) in [6, 6.07) is 3.79. The van der Waals surface area contributed by atoms with Crippen molar-refractivity contribution in [3.05, 3.63) is 28.3 Å². The zero-order valence-corrected chi connectivity index (χ0v) is 13.0. The van der Waals surface area contributed by atoms with Crippen LogP contribution in [-0.2, 0) is 11.3 Å². The highest BCUT2D eigenvalue weighted by atomic mass is 32.1. The topological polar surface area (TPSA) is 67.2 Å². The molecule has 0 saturated carbocycles. The van der Waals surface area contributed by atoms with Gasteiger partial charge < -0.3 is 15.1 Å². The van der Waals surface area contributed by atoms with E-state index in [1.165, 1.54) is 0 Å². The van der Waals surface area contributed by atoms with E-state index in [1.54, 1.807) is 11.3 Å². The molecule has 3 rings (SSSR count). The Hall–Kier alpha value is -1.66. The molecule has 1 atom stereocenters. The van der Waals surface area contributed by atoms with Crippen LogP contribution in [0.5, 0.6) is 0 Å². The molecule has 21 heavy (non-hydrogen) atoms. The maximum absolute atomic E-state index is 12.0. The molecule has 2 N–H and O–H groups in total. The van der Waals surface area contributed by atoms with Crippen LogP contribution in [0.3, 0.4) is 0 Å². The van der Waals surface area contributed by atoms with E-state index < -0.39 is 0 Å². The molecule has 1 fully saturated rings. The Kier molecular flexibility index (Phi) is 4.07. The SMILES string of the molecule is Cc1nc(-c2ccc(CNC(=O)C(C)C3CNC3)o2)cs1. The molecule has 0 radical (unpaired) electrons. The van der Waals surface area contributed by atoms with Crippen LogP contribution in [0.1, 0.15) is 17.7 Å². The van der Waals surface area contributed by atoms with Crippen molar-refractivity contribution in [2.75, 3.05) is 13.1 Å². The summed E-state index contributed by atoms with van der Waals surface area (Å²) in [4.78, 5) is 16.4. The van der Waals surface area contributed by atoms with E-state index in [4.69, 9.17) is 4.42 Å². The smallest absolute Gasteiger partial charge is 0.223 e. The average Bonchev–Trinajstić information content (AvgIpc) is 3.02. The number of carbonyl (C=O) groups excluding carboxylic acids is 1. The Morgan fingerprint density at radius 2 is 2.38 bits per heavy atom. The molecule has 1 amide bonds. The number of thiazole rings is 1. The number of nitrogens with one attached hydrogen (secondary N) is 2. The summed E-state index contributed by atoms with van der Waals surface area (Å²) in [5, 5.41) is 9.12. The Balaban J connectivity index is 1.56. The van der Waals surface area contributed by atoms with Crippen molar-refractivity contribution >= 4 is 17.2 Å². The van der Waals surface area contributed by atoms with Crippen molar-refractivity contribution in [3.8, 4) is 11.5 Å². The molecule has 2 aromatic rings. The quantitative estimate of drug-likeness (QED) is 0.888. The molecule has 1 unspecified atom stereocenters. The summed E-state index contributed by atoms with van der Waals surface area (Å²) in [5.74, 6) is 2.09. The summed E-state index contributed by atoms with van der Waals surface area (Å²) < 4.78 is 5.73. The number of aromatic nitrogens is 1. The van der Waals surface area contributed by atoms with Gasteiger partial charge in [0.2, 0.25) is 5.91 Å². The van der Waals surface area contributed by atoms with Crippen LogP contribution in [0.2, 0.25) is 0 Å². The molecule has 112 valence electrons. The van der Waals surface area contributed by atoms with Crippen LogP contribution in [0.4, 0.5) is 0 Å². The van der Waals surface area contributed by atoms with E-state index in [-0.39, 0.29) is 11.8 Å². The van der Waals surface area contributed by atoms with Crippen LogP contribution in [-0.4, -0.2) is 24.0 Å². The highest BCUT2D eigenvalue weighted by Crippen LogP contribution is 2.24. The fourth-order valence-electron chi connectivity index (χ4n) is 2.30. The van der Waals surface area contributed by atoms with Crippen molar-refractivity contribution in [2.45, 2.75) is 20.4 Å². The van der Waals surface area contributed by atoms with Gasteiger partial charge in [0.25, 0.3) is 0 Å². The minimum atomic E-state index is 0.0434. The molecule has 6 heteroatoms. The summed E-state index contributed by atoms with van der Waals surface area (Å²) in [7, 11) is 0. The Morgan fingerprint density at radius 1 is 1.57 bits per heavy atom. The van der Waals surface area contributed by atoms with E-state index in [2.05, 4.69) is 15.6 Å². The van der Waals surface area contributed by atoms with E-state index >= 15 is 0 Å². The predicted molar refractivity (Wildman–Crippen MR) is 81.9 cm³/mol. The fraction of sp³-hybridized carbons (Fsp3) is 0.467. The first-order chi connectivity index (χ1) is 10.1. The van der Waals surface area contributed by atoms with Crippen LogP contribution in [0.15, 0.2) is 21.9 Å². The zero-order chi connectivity index (χ0) is 14.8. The molecule has 0 aromatic carbocycles. The first-order valence-corrected chi connectivity index (χ1v) is 8.01. The van der Waals surface area contributed by atoms with Crippen LogP contribution >= 0.6 is 11.3 Å². The van der Waals surface area contributed by atoms with Gasteiger partial charge in [0.15, 0.2) is 5.76 Å². The lowest BCUT2D eigenvalue weighted by Crippen LogP contribution is -2.49. The van der Waals surface area contributed by atoms with Gasteiger partial charge in [-0.25, -0.2) is 4.98 Å². The van der Waals surface area contributed by atoms with E-state index in [0.717, 1.165) is 35.3 Å². The largest absolute Gasteiger partial charge is 0.458 e. The van der Waals surface area contributed by atoms with Crippen LogP contribution in [0, 0.1) is 18.8 Å². The number of amides is 1. The molecule has 0 spiro atoms. The molecule has 1 saturated heterocycles. The highest BCUT2D eigenvalue weighted by Gasteiger charge is 2.28. The number of hydrogen-bond acceptors (Lipinski definition) is 5. The minimum absolute atomic E-state index is 0.0434.